The van der Waals surface area contributed by atoms with Crippen molar-refractivity contribution in [2.24, 2.45) is 0 Å². The molecule has 0 spiro atoms. The zero-order valence-corrected chi connectivity index (χ0v) is 23.5. The van der Waals surface area contributed by atoms with Crippen LogP contribution in [0.4, 0.5) is 10.5 Å². The molecule has 1 heterocycles. The molecule has 0 saturated heterocycles. The number of aryl methyl sites for hydroxylation is 1. The van der Waals surface area contributed by atoms with Crippen molar-refractivity contribution in [1.82, 2.24) is 5.32 Å². The minimum atomic E-state index is -0.775. The summed E-state index contributed by atoms with van der Waals surface area (Å²) in [4.78, 5) is 37.2. The second kappa shape index (κ2) is 12.0. The molecular formula is C27H23N2O7Y-. The van der Waals surface area contributed by atoms with Crippen LogP contribution in [0.5, 0.6) is 17.2 Å². The summed E-state index contributed by atoms with van der Waals surface area (Å²) in [5, 5.41) is 5.45. The second-order valence-corrected chi connectivity index (χ2v) is 7.75. The molecule has 0 atom stereocenters. The van der Waals surface area contributed by atoms with Crippen molar-refractivity contribution in [1.29, 1.82) is 0 Å². The number of nitrogens with one attached hydrogen (secondary N) is 2. The van der Waals surface area contributed by atoms with Crippen LogP contribution < -0.4 is 30.5 Å². The molecule has 2 N–H and O–H groups in total. The number of carbonyl (C=O) groups excluding carboxylic acids is 2. The van der Waals surface area contributed by atoms with Gasteiger partial charge in [0.25, 0.3) is 5.91 Å². The molecule has 0 fully saturated rings. The van der Waals surface area contributed by atoms with Gasteiger partial charge in [0.15, 0.2) is 0 Å². The molecule has 0 aliphatic rings. The molecule has 4 rings (SSSR count). The Bertz CT molecular complexity index is 1530. The van der Waals surface area contributed by atoms with Gasteiger partial charge < -0.3 is 29.3 Å². The van der Waals surface area contributed by atoms with Crippen LogP contribution in [-0.2, 0) is 32.7 Å². The van der Waals surface area contributed by atoms with E-state index in [-0.39, 0.29) is 49.7 Å². The van der Waals surface area contributed by atoms with Gasteiger partial charge in [-0.2, -0.15) is 6.07 Å². The van der Waals surface area contributed by atoms with E-state index in [0.29, 0.717) is 33.6 Å². The van der Waals surface area contributed by atoms with Crippen molar-refractivity contribution in [2.45, 2.75) is 6.92 Å². The maximum atomic E-state index is 13.1. The van der Waals surface area contributed by atoms with E-state index >= 15 is 0 Å². The van der Waals surface area contributed by atoms with Gasteiger partial charge in [0.2, 0.25) is 0 Å². The average molecular weight is 576 g/mol. The molecule has 9 nitrogen and oxygen atoms in total. The molecule has 187 valence electrons. The summed E-state index contributed by atoms with van der Waals surface area (Å²) in [6.45, 7) is 1.72. The van der Waals surface area contributed by atoms with Crippen LogP contribution in [0.3, 0.4) is 0 Å². The zero-order valence-electron chi connectivity index (χ0n) is 20.6. The Hall–Kier alpha value is -3.69. The van der Waals surface area contributed by atoms with Crippen LogP contribution in [0.1, 0.15) is 15.9 Å². The van der Waals surface area contributed by atoms with Crippen molar-refractivity contribution in [3.8, 4) is 28.4 Å². The summed E-state index contributed by atoms with van der Waals surface area (Å²) in [6, 6.07) is 18.2. The maximum absolute atomic E-state index is 13.1. The number of ether oxygens (including phenoxy) is 3. The molecule has 2 amide bonds. The van der Waals surface area contributed by atoms with Crippen molar-refractivity contribution in [3.05, 3.63) is 82.2 Å². The number of fused-ring (bicyclic) bond motifs is 1. The van der Waals surface area contributed by atoms with Gasteiger partial charge in [-0.15, -0.1) is 5.56 Å². The molecule has 1 radical (unpaired) electrons. The maximum Gasteiger partial charge on any atom is 0.410 e. The Morgan fingerprint density at radius 3 is 2.49 bits per heavy atom. The fraction of sp³-hybridized carbons (Fsp3) is 0.148. The van der Waals surface area contributed by atoms with E-state index in [2.05, 4.69) is 16.7 Å². The number of carbonyl (C=O) groups is 2. The topological polar surface area (TPSA) is 116 Å². The SMILES string of the molecule is CNC(=O)Oc1[c-]c2oc(=O)c(NC(=O)c3ccc(OC)c(-c4cccc(OC)c4)c3)cc2cc1C.[Y]. The normalized spacial score (nSPS) is 10.3. The van der Waals surface area contributed by atoms with Crippen molar-refractivity contribution < 1.29 is 60.9 Å². The summed E-state index contributed by atoms with van der Waals surface area (Å²) in [6.07, 6.45) is -0.673. The Morgan fingerprint density at radius 2 is 1.78 bits per heavy atom. The molecule has 0 saturated carbocycles. The van der Waals surface area contributed by atoms with Crippen LogP contribution in [-0.4, -0.2) is 33.3 Å². The Morgan fingerprint density at radius 1 is 1.00 bits per heavy atom. The third-order valence-corrected chi connectivity index (χ3v) is 5.42. The summed E-state index contributed by atoms with van der Waals surface area (Å²) in [7, 11) is 4.55. The summed E-state index contributed by atoms with van der Waals surface area (Å²) >= 11 is 0. The van der Waals surface area contributed by atoms with Gasteiger partial charge in [0.05, 0.1) is 14.2 Å². The number of anilines is 1. The van der Waals surface area contributed by atoms with Crippen LogP contribution >= 0.6 is 0 Å². The van der Waals surface area contributed by atoms with E-state index in [1.807, 2.05) is 24.3 Å². The van der Waals surface area contributed by atoms with Gasteiger partial charge in [-0.05, 0) is 35.9 Å². The van der Waals surface area contributed by atoms with E-state index in [1.165, 1.54) is 13.1 Å². The van der Waals surface area contributed by atoms with E-state index in [1.54, 1.807) is 45.4 Å². The molecule has 3 aromatic carbocycles. The molecule has 0 aliphatic heterocycles. The van der Waals surface area contributed by atoms with Crippen LogP contribution in [0, 0.1) is 13.0 Å². The van der Waals surface area contributed by atoms with Gasteiger partial charge >= 0.3 is 11.7 Å². The first-order chi connectivity index (χ1) is 17.3. The number of benzene rings is 3. The molecule has 10 heteroatoms. The van der Waals surface area contributed by atoms with Crippen LogP contribution in [0.2, 0.25) is 0 Å². The molecule has 4 aromatic rings. The fourth-order valence-corrected chi connectivity index (χ4v) is 3.59. The average Bonchev–Trinajstić information content (AvgIpc) is 2.89. The van der Waals surface area contributed by atoms with E-state index < -0.39 is 17.6 Å². The number of amides is 2. The summed E-state index contributed by atoms with van der Waals surface area (Å²) in [5.74, 6) is 0.860. The largest absolute Gasteiger partial charge is 0.497 e. The van der Waals surface area contributed by atoms with Gasteiger partial charge in [-0.25, -0.2) is 9.59 Å². The Kier molecular flexibility index (Phi) is 9.07. The zero-order chi connectivity index (χ0) is 25.8. The molecule has 0 unspecified atom stereocenters. The standard InChI is InChI=1S/C27H23N2O7.Y/c1-15-10-18-13-21(26(31)35-24(18)14-23(15)36-27(32)28-2)29-25(30)17-8-9-22(34-4)20(12-17)16-6-5-7-19(11-16)33-3;/h5-13H,1-4H3,(H,28,32)(H,29,30);/q-1;. The molecular weight excluding hydrogens is 553 g/mol. The van der Waals surface area contributed by atoms with Crippen molar-refractivity contribution in [2.75, 3.05) is 26.6 Å². The summed E-state index contributed by atoms with van der Waals surface area (Å²) < 4.78 is 21.2. The van der Waals surface area contributed by atoms with E-state index in [0.717, 1.165) is 5.56 Å². The Labute approximate surface area is 238 Å². The first-order valence-electron chi connectivity index (χ1n) is 10.9. The fourth-order valence-electron chi connectivity index (χ4n) is 3.59. The first-order valence-corrected chi connectivity index (χ1v) is 10.9. The summed E-state index contributed by atoms with van der Waals surface area (Å²) in [5.41, 5.74) is 1.66. The minimum Gasteiger partial charge on any atom is -0.497 e. The Balaban J connectivity index is 0.00000380. The van der Waals surface area contributed by atoms with Crippen LogP contribution in [0.15, 0.2) is 63.8 Å². The van der Waals surface area contributed by atoms with Gasteiger partial charge in [0, 0.05) is 62.2 Å². The predicted molar refractivity (Wildman–Crippen MR) is 134 cm³/mol. The number of hydrogen-bond acceptors (Lipinski definition) is 7. The smallest absolute Gasteiger partial charge is 0.410 e. The molecule has 1 aromatic heterocycles. The second-order valence-electron chi connectivity index (χ2n) is 7.75. The van der Waals surface area contributed by atoms with E-state index in [9.17, 15) is 14.4 Å². The van der Waals surface area contributed by atoms with Gasteiger partial charge in [0.1, 0.15) is 17.2 Å². The quantitative estimate of drug-likeness (QED) is 0.256. The first kappa shape index (κ1) is 27.9. The predicted octanol–water partition coefficient (Wildman–Crippen LogP) is 4.55. The third-order valence-electron chi connectivity index (χ3n) is 5.42. The third kappa shape index (κ3) is 6.18. The molecule has 0 aliphatic carbocycles. The van der Waals surface area contributed by atoms with Crippen molar-refractivity contribution >= 4 is 28.7 Å². The molecule has 37 heavy (non-hydrogen) atoms. The van der Waals surface area contributed by atoms with Crippen LogP contribution in [0.25, 0.3) is 22.1 Å². The van der Waals surface area contributed by atoms with Gasteiger partial charge in [-0.3, -0.25) is 4.79 Å². The monoisotopic (exact) mass is 576 g/mol. The minimum absolute atomic E-state index is 0. The number of hydrogen-bond donors (Lipinski definition) is 2. The van der Waals surface area contributed by atoms with Gasteiger partial charge in [-0.1, -0.05) is 36.6 Å². The molecule has 0 bridgehead atoms. The number of methoxy groups -OCH3 is 2. The van der Waals surface area contributed by atoms with Crippen molar-refractivity contribution in [3.63, 3.8) is 0 Å². The number of rotatable bonds is 6. The van der Waals surface area contributed by atoms with E-state index in [4.69, 9.17) is 18.6 Å².